The van der Waals surface area contributed by atoms with E-state index < -0.39 is 0 Å². The van der Waals surface area contributed by atoms with Crippen molar-refractivity contribution in [3.8, 4) is 0 Å². The van der Waals surface area contributed by atoms with Crippen molar-refractivity contribution in [3.05, 3.63) is 23.2 Å². The van der Waals surface area contributed by atoms with E-state index in [1.165, 1.54) is 5.56 Å². The molecule has 1 unspecified atom stereocenters. The molecule has 1 aromatic rings. The first-order chi connectivity index (χ1) is 9.83. The van der Waals surface area contributed by atoms with E-state index in [1.54, 1.807) is 0 Å². The fourth-order valence-corrected chi connectivity index (χ4v) is 2.58. The summed E-state index contributed by atoms with van der Waals surface area (Å²) >= 11 is 0. The highest BCUT2D eigenvalue weighted by atomic mass is 16.3. The van der Waals surface area contributed by atoms with Crippen molar-refractivity contribution < 1.29 is 4.42 Å². The molecule has 0 aliphatic heterocycles. The van der Waals surface area contributed by atoms with Crippen molar-refractivity contribution >= 4 is 0 Å². The predicted molar refractivity (Wildman–Crippen MR) is 89.5 cm³/mol. The molecule has 0 aromatic carbocycles. The van der Waals surface area contributed by atoms with Crippen LogP contribution in [0, 0.1) is 6.92 Å². The number of hydrogen-bond acceptors (Lipinski definition) is 4. The third-order valence-corrected chi connectivity index (χ3v) is 3.79. The Bertz CT molecular complexity index is 412. The molecule has 21 heavy (non-hydrogen) atoms. The smallest absolute Gasteiger partial charge is 0.118 e. The van der Waals surface area contributed by atoms with E-state index >= 15 is 0 Å². The molecule has 0 spiro atoms. The molecule has 1 atom stereocenters. The maximum absolute atomic E-state index is 5.94. The van der Waals surface area contributed by atoms with Gasteiger partial charge in [-0.2, -0.15) is 0 Å². The molecule has 0 saturated heterocycles. The molecular formula is C17H33N3O. The highest BCUT2D eigenvalue weighted by Gasteiger charge is 2.16. The average Bonchev–Trinajstić information content (AvgIpc) is 2.72. The van der Waals surface area contributed by atoms with Gasteiger partial charge in [0, 0.05) is 30.7 Å². The molecule has 0 amide bonds. The van der Waals surface area contributed by atoms with E-state index in [1.807, 2.05) is 0 Å². The van der Waals surface area contributed by atoms with Gasteiger partial charge in [0.05, 0.1) is 6.54 Å². The zero-order valence-corrected chi connectivity index (χ0v) is 14.9. The second-order valence-electron chi connectivity index (χ2n) is 6.50. The minimum Gasteiger partial charge on any atom is -0.465 e. The summed E-state index contributed by atoms with van der Waals surface area (Å²) in [6.07, 6.45) is 0. The Balaban J connectivity index is 2.66. The van der Waals surface area contributed by atoms with Crippen LogP contribution in [0.25, 0.3) is 0 Å². The van der Waals surface area contributed by atoms with Gasteiger partial charge in [0.1, 0.15) is 11.5 Å². The number of rotatable bonds is 9. The van der Waals surface area contributed by atoms with Crippen molar-refractivity contribution in [2.45, 2.75) is 59.8 Å². The molecule has 0 radical (unpaired) electrons. The molecule has 4 heteroatoms. The second-order valence-corrected chi connectivity index (χ2v) is 6.50. The van der Waals surface area contributed by atoms with E-state index in [0.717, 1.165) is 37.7 Å². The van der Waals surface area contributed by atoms with Crippen LogP contribution in [0.1, 0.15) is 44.8 Å². The first kappa shape index (κ1) is 18.2. The molecule has 1 heterocycles. The Hall–Kier alpha value is -0.840. The summed E-state index contributed by atoms with van der Waals surface area (Å²) in [4.78, 5) is 4.69. The molecule has 0 aliphatic rings. The lowest BCUT2D eigenvalue weighted by molar-refractivity contribution is 0.162. The van der Waals surface area contributed by atoms with E-state index in [9.17, 15) is 0 Å². The quantitative estimate of drug-likeness (QED) is 0.759. The van der Waals surface area contributed by atoms with Crippen LogP contribution in [0.15, 0.2) is 10.5 Å². The van der Waals surface area contributed by atoms with Gasteiger partial charge in [-0.1, -0.05) is 20.8 Å². The Morgan fingerprint density at radius 1 is 1.24 bits per heavy atom. The highest BCUT2D eigenvalue weighted by Crippen LogP contribution is 2.17. The van der Waals surface area contributed by atoms with E-state index in [4.69, 9.17) is 4.42 Å². The lowest BCUT2D eigenvalue weighted by Gasteiger charge is -2.29. The normalized spacial score (nSPS) is 13.6. The molecular weight excluding hydrogens is 262 g/mol. The summed E-state index contributed by atoms with van der Waals surface area (Å²) in [5.41, 5.74) is 1.27. The van der Waals surface area contributed by atoms with Crippen molar-refractivity contribution in [2.24, 2.45) is 0 Å². The summed E-state index contributed by atoms with van der Waals surface area (Å²) in [7, 11) is 4.24. The predicted octanol–water partition coefficient (Wildman–Crippen LogP) is 2.86. The number of furan rings is 1. The molecule has 122 valence electrons. The SMILES string of the molecule is CCN(Cc1cc(CNC(C)C)c(C)o1)C(C)CN(C)C. The lowest BCUT2D eigenvalue weighted by atomic mass is 10.2. The van der Waals surface area contributed by atoms with Crippen LogP contribution in [-0.2, 0) is 13.1 Å². The molecule has 0 fully saturated rings. The van der Waals surface area contributed by atoms with Gasteiger partial charge in [-0.15, -0.1) is 0 Å². The van der Waals surface area contributed by atoms with Gasteiger partial charge in [-0.3, -0.25) is 4.90 Å². The van der Waals surface area contributed by atoms with E-state index in [2.05, 4.69) is 69.9 Å². The van der Waals surface area contributed by atoms with E-state index in [0.29, 0.717) is 12.1 Å². The maximum Gasteiger partial charge on any atom is 0.118 e. The number of nitrogens with one attached hydrogen (secondary N) is 1. The molecule has 0 saturated carbocycles. The Morgan fingerprint density at radius 3 is 2.43 bits per heavy atom. The topological polar surface area (TPSA) is 31.6 Å². The third-order valence-electron chi connectivity index (χ3n) is 3.79. The first-order valence-electron chi connectivity index (χ1n) is 8.03. The van der Waals surface area contributed by atoms with Crippen LogP contribution < -0.4 is 5.32 Å². The Kier molecular flexibility index (Phi) is 7.43. The van der Waals surface area contributed by atoms with Crippen molar-refractivity contribution in [2.75, 3.05) is 27.2 Å². The van der Waals surface area contributed by atoms with Crippen LogP contribution in [0.2, 0.25) is 0 Å². The second kappa shape index (κ2) is 8.57. The van der Waals surface area contributed by atoms with Gasteiger partial charge in [-0.25, -0.2) is 0 Å². The number of likely N-dealkylation sites (N-methyl/N-ethyl adjacent to an activating group) is 2. The largest absolute Gasteiger partial charge is 0.465 e. The van der Waals surface area contributed by atoms with Crippen LogP contribution in [0.5, 0.6) is 0 Å². The fraction of sp³-hybridized carbons (Fsp3) is 0.765. The third kappa shape index (κ3) is 6.20. The van der Waals surface area contributed by atoms with Crippen LogP contribution >= 0.6 is 0 Å². The first-order valence-corrected chi connectivity index (χ1v) is 8.03. The van der Waals surface area contributed by atoms with Crippen LogP contribution in [0.4, 0.5) is 0 Å². The lowest BCUT2D eigenvalue weighted by Crippen LogP contribution is -2.39. The van der Waals surface area contributed by atoms with Gasteiger partial charge in [0.25, 0.3) is 0 Å². The van der Waals surface area contributed by atoms with Gasteiger partial charge >= 0.3 is 0 Å². The van der Waals surface area contributed by atoms with Gasteiger partial charge in [0.2, 0.25) is 0 Å². The molecule has 1 rings (SSSR count). The summed E-state index contributed by atoms with van der Waals surface area (Å²) in [5.74, 6) is 2.11. The molecule has 4 nitrogen and oxygen atoms in total. The molecule has 0 bridgehead atoms. The maximum atomic E-state index is 5.94. The molecule has 1 N–H and O–H groups in total. The van der Waals surface area contributed by atoms with Crippen molar-refractivity contribution in [3.63, 3.8) is 0 Å². The van der Waals surface area contributed by atoms with E-state index in [-0.39, 0.29) is 0 Å². The zero-order chi connectivity index (χ0) is 16.0. The number of hydrogen-bond donors (Lipinski definition) is 1. The Labute approximate surface area is 130 Å². The Morgan fingerprint density at radius 2 is 1.90 bits per heavy atom. The van der Waals surface area contributed by atoms with Crippen LogP contribution in [0.3, 0.4) is 0 Å². The van der Waals surface area contributed by atoms with Gasteiger partial charge in [-0.05, 0) is 40.6 Å². The summed E-state index contributed by atoms with van der Waals surface area (Å²) in [5, 5.41) is 3.45. The van der Waals surface area contributed by atoms with Crippen molar-refractivity contribution in [1.82, 2.24) is 15.1 Å². The monoisotopic (exact) mass is 295 g/mol. The number of nitrogens with zero attached hydrogens (tertiary/aromatic N) is 2. The summed E-state index contributed by atoms with van der Waals surface area (Å²) in [6.45, 7) is 14.7. The average molecular weight is 295 g/mol. The van der Waals surface area contributed by atoms with Gasteiger partial charge in [0.15, 0.2) is 0 Å². The fourth-order valence-electron chi connectivity index (χ4n) is 2.58. The minimum absolute atomic E-state index is 0.495. The highest BCUT2D eigenvalue weighted by molar-refractivity contribution is 5.20. The molecule has 0 aliphatic carbocycles. The number of aryl methyl sites for hydroxylation is 1. The molecule has 1 aromatic heterocycles. The van der Waals surface area contributed by atoms with Crippen LogP contribution in [-0.4, -0.2) is 49.1 Å². The summed E-state index contributed by atoms with van der Waals surface area (Å²) < 4.78 is 5.94. The minimum atomic E-state index is 0.495. The standard InChI is InChI=1S/C17H33N3O/c1-8-20(14(4)11-19(6)7)12-17-9-16(15(5)21-17)10-18-13(2)3/h9,13-14,18H,8,10-12H2,1-7H3. The summed E-state index contributed by atoms with van der Waals surface area (Å²) in [6, 6.07) is 3.22. The zero-order valence-electron chi connectivity index (χ0n) is 14.9. The van der Waals surface area contributed by atoms with Gasteiger partial charge < -0.3 is 14.6 Å². The van der Waals surface area contributed by atoms with Crippen molar-refractivity contribution in [1.29, 1.82) is 0 Å².